The Kier molecular flexibility index (Phi) is 6.55. The third kappa shape index (κ3) is 4.92. The lowest BCUT2D eigenvalue weighted by Gasteiger charge is -2.25. The SMILES string of the molecule is CCCNC(CCC1CCCCO1)c1ccc(C)cc1. The van der Waals surface area contributed by atoms with E-state index in [1.54, 1.807) is 0 Å². The molecule has 2 heteroatoms. The van der Waals surface area contributed by atoms with Crippen LogP contribution in [0.4, 0.5) is 0 Å². The van der Waals surface area contributed by atoms with E-state index < -0.39 is 0 Å². The van der Waals surface area contributed by atoms with E-state index in [0.717, 1.165) is 13.2 Å². The molecule has 0 radical (unpaired) electrons. The van der Waals surface area contributed by atoms with Crippen LogP contribution in [0.15, 0.2) is 24.3 Å². The first-order valence-corrected chi connectivity index (χ1v) is 8.21. The summed E-state index contributed by atoms with van der Waals surface area (Å²) in [6.07, 6.45) is 7.84. The second-order valence-corrected chi connectivity index (χ2v) is 5.98. The van der Waals surface area contributed by atoms with Gasteiger partial charge in [-0.2, -0.15) is 0 Å². The third-order valence-electron chi connectivity index (χ3n) is 4.17. The molecular formula is C18H29NO. The minimum absolute atomic E-state index is 0.473. The normalized spacial score (nSPS) is 20.8. The fraction of sp³-hybridized carbons (Fsp3) is 0.667. The molecule has 1 N–H and O–H groups in total. The first kappa shape index (κ1) is 15.5. The van der Waals surface area contributed by atoms with E-state index in [-0.39, 0.29) is 0 Å². The van der Waals surface area contributed by atoms with Gasteiger partial charge in [-0.25, -0.2) is 0 Å². The Morgan fingerprint density at radius 3 is 2.70 bits per heavy atom. The summed E-state index contributed by atoms with van der Waals surface area (Å²) in [5.41, 5.74) is 2.75. The van der Waals surface area contributed by atoms with Crippen molar-refractivity contribution in [3.8, 4) is 0 Å². The van der Waals surface area contributed by atoms with Gasteiger partial charge in [0.1, 0.15) is 0 Å². The lowest BCUT2D eigenvalue weighted by Crippen LogP contribution is -2.25. The number of nitrogens with one attached hydrogen (secondary N) is 1. The van der Waals surface area contributed by atoms with Crippen molar-refractivity contribution in [2.45, 2.75) is 64.5 Å². The maximum Gasteiger partial charge on any atom is 0.0575 e. The Morgan fingerprint density at radius 2 is 2.05 bits per heavy atom. The minimum atomic E-state index is 0.473. The van der Waals surface area contributed by atoms with E-state index >= 15 is 0 Å². The van der Waals surface area contributed by atoms with Crippen LogP contribution in [0.3, 0.4) is 0 Å². The largest absolute Gasteiger partial charge is 0.378 e. The molecule has 1 aliphatic heterocycles. The highest BCUT2D eigenvalue weighted by Crippen LogP contribution is 2.24. The number of hydrogen-bond acceptors (Lipinski definition) is 2. The second kappa shape index (κ2) is 8.43. The second-order valence-electron chi connectivity index (χ2n) is 5.98. The van der Waals surface area contributed by atoms with Crippen molar-refractivity contribution in [2.24, 2.45) is 0 Å². The highest BCUT2D eigenvalue weighted by Gasteiger charge is 2.17. The van der Waals surface area contributed by atoms with Crippen LogP contribution >= 0.6 is 0 Å². The van der Waals surface area contributed by atoms with Crippen molar-refractivity contribution in [1.82, 2.24) is 5.32 Å². The Morgan fingerprint density at radius 1 is 1.25 bits per heavy atom. The number of ether oxygens (including phenoxy) is 1. The van der Waals surface area contributed by atoms with Gasteiger partial charge in [-0.3, -0.25) is 0 Å². The van der Waals surface area contributed by atoms with Crippen molar-refractivity contribution < 1.29 is 4.74 Å². The molecule has 0 spiro atoms. The number of hydrogen-bond donors (Lipinski definition) is 1. The van der Waals surface area contributed by atoms with E-state index in [9.17, 15) is 0 Å². The fourth-order valence-corrected chi connectivity index (χ4v) is 2.89. The van der Waals surface area contributed by atoms with Gasteiger partial charge in [0.15, 0.2) is 0 Å². The molecule has 2 rings (SSSR count). The summed E-state index contributed by atoms with van der Waals surface area (Å²) in [5, 5.41) is 3.69. The molecule has 0 bridgehead atoms. The maximum absolute atomic E-state index is 5.86. The van der Waals surface area contributed by atoms with Crippen LogP contribution in [0.5, 0.6) is 0 Å². The predicted octanol–water partition coefficient (Wildman–Crippen LogP) is 4.39. The summed E-state index contributed by atoms with van der Waals surface area (Å²) in [5.74, 6) is 0. The lowest BCUT2D eigenvalue weighted by molar-refractivity contribution is 0.00854. The zero-order valence-electron chi connectivity index (χ0n) is 13.0. The molecule has 1 heterocycles. The molecule has 1 fully saturated rings. The minimum Gasteiger partial charge on any atom is -0.378 e. The number of aryl methyl sites for hydroxylation is 1. The molecule has 2 unspecified atom stereocenters. The molecule has 0 aromatic heterocycles. The van der Waals surface area contributed by atoms with E-state index in [1.165, 1.54) is 49.7 Å². The molecule has 112 valence electrons. The van der Waals surface area contributed by atoms with Gasteiger partial charge in [-0.05, 0) is 57.6 Å². The van der Waals surface area contributed by atoms with Gasteiger partial charge >= 0.3 is 0 Å². The van der Waals surface area contributed by atoms with Crippen LogP contribution in [0.25, 0.3) is 0 Å². The highest BCUT2D eigenvalue weighted by molar-refractivity contribution is 5.24. The zero-order valence-corrected chi connectivity index (χ0v) is 13.0. The average Bonchev–Trinajstić information content (AvgIpc) is 2.50. The summed E-state index contributed by atoms with van der Waals surface area (Å²) in [6.45, 7) is 6.42. The van der Waals surface area contributed by atoms with Gasteiger partial charge < -0.3 is 10.1 Å². The summed E-state index contributed by atoms with van der Waals surface area (Å²) in [4.78, 5) is 0. The molecule has 0 amide bonds. The van der Waals surface area contributed by atoms with Crippen LogP contribution in [0.2, 0.25) is 0 Å². The average molecular weight is 275 g/mol. The van der Waals surface area contributed by atoms with E-state index in [1.807, 2.05) is 0 Å². The Hall–Kier alpha value is -0.860. The lowest BCUT2D eigenvalue weighted by atomic mass is 9.96. The first-order valence-electron chi connectivity index (χ1n) is 8.21. The van der Waals surface area contributed by atoms with Crippen molar-refractivity contribution in [1.29, 1.82) is 0 Å². The van der Waals surface area contributed by atoms with Crippen molar-refractivity contribution in [3.05, 3.63) is 35.4 Å². The Balaban J connectivity index is 1.90. The fourth-order valence-electron chi connectivity index (χ4n) is 2.89. The van der Waals surface area contributed by atoms with Gasteiger partial charge in [0.05, 0.1) is 6.10 Å². The van der Waals surface area contributed by atoms with Crippen LogP contribution in [-0.4, -0.2) is 19.3 Å². The summed E-state index contributed by atoms with van der Waals surface area (Å²) < 4.78 is 5.86. The van der Waals surface area contributed by atoms with Gasteiger partial charge in [0.25, 0.3) is 0 Å². The van der Waals surface area contributed by atoms with Crippen molar-refractivity contribution in [3.63, 3.8) is 0 Å². The molecule has 2 atom stereocenters. The highest BCUT2D eigenvalue weighted by atomic mass is 16.5. The molecular weight excluding hydrogens is 246 g/mol. The van der Waals surface area contributed by atoms with E-state index in [4.69, 9.17) is 4.74 Å². The van der Waals surface area contributed by atoms with Crippen LogP contribution in [0.1, 0.15) is 62.6 Å². The van der Waals surface area contributed by atoms with Crippen molar-refractivity contribution >= 4 is 0 Å². The molecule has 0 aliphatic carbocycles. The Labute approximate surface area is 123 Å². The summed E-state index contributed by atoms with van der Waals surface area (Å²) in [6, 6.07) is 9.44. The van der Waals surface area contributed by atoms with Crippen LogP contribution < -0.4 is 5.32 Å². The maximum atomic E-state index is 5.86. The predicted molar refractivity (Wildman–Crippen MR) is 85.0 cm³/mol. The van der Waals surface area contributed by atoms with Gasteiger partial charge in [-0.15, -0.1) is 0 Å². The topological polar surface area (TPSA) is 21.3 Å². The van der Waals surface area contributed by atoms with E-state index in [2.05, 4.69) is 43.4 Å². The van der Waals surface area contributed by atoms with Gasteiger partial charge in [0, 0.05) is 12.6 Å². The third-order valence-corrected chi connectivity index (χ3v) is 4.17. The van der Waals surface area contributed by atoms with Gasteiger partial charge in [-0.1, -0.05) is 36.8 Å². The monoisotopic (exact) mass is 275 g/mol. The quantitative estimate of drug-likeness (QED) is 0.797. The van der Waals surface area contributed by atoms with Gasteiger partial charge in [0.2, 0.25) is 0 Å². The number of rotatable bonds is 7. The summed E-state index contributed by atoms with van der Waals surface area (Å²) >= 11 is 0. The molecule has 0 saturated carbocycles. The molecule has 1 aromatic carbocycles. The van der Waals surface area contributed by atoms with Crippen molar-refractivity contribution in [2.75, 3.05) is 13.2 Å². The molecule has 1 aromatic rings. The number of benzene rings is 1. The first-order chi connectivity index (χ1) is 9.79. The smallest absolute Gasteiger partial charge is 0.0575 e. The standard InChI is InChI=1S/C18H29NO/c1-3-13-19-18(16-9-7-15(2)8-10-16)12-11-17-6-4-5-14-20-17/h7-10,17-19H,3-6,11-14H2,1-2H3. The molecule has 2 nitrogen and oxygen atoms in total. The van der Waals surface area contributed by atoms with Crippen LogP contribution in [0, 0.1) is 6.92 Å². The summed E-state index contributed by atoms with van der Waals surface area (Å²) in [7, 11) is 0. The van der Waals surface area contributed by atoms with Crippen LogP contribution in [-0.2, 0) is 4.74 Å². The Bertz CT molecular complexity index is 368. The zero-order chi connectivity index (χ0) is 14.2. The molecule has 1 saturated heterocycles. The van der Waals surface area contributed by atoms with E-state index in [0.29, 0.717) is 12.1 Å². The molecule has 1 aliphatic rings. The molecule has 20 heavy (non-hydrogen) atoms.